The largest absolute Gasteiger partial charge is 0.463 e. The molecule has 0 aliphatic rings. The Labute approximate surface area is 104 Å². The van der Waals surface area contributed by atoms with Gasteiger partial charge in [0.05, 0.1) is 4.88 Å². The molecular weight excluding hydrogens is 236 g/mol. The van der Waals surface area contributed by atoms with Gasteiger partial charge in [0.15, 0.2) is 6.29 Å². The van der Waals surface area contributed by atoms with E-state index in [1.54, 1.807) is 6.07 Å². The van der Waals surface area contributed by atoms with Crippen LogP contribution in [0.5, 0.6) is 0 Å². The molecule has 0 fully saturated rings. The molecule has 0 unspecified atom stereocenters. The minimum atomic E-state index is 0.365. The van der Waals surface area contributed by atoms with Crippen LogP contribution in [0.3, 0.4) is 0 Å². The summed E-state index contributed by atoms with van der Waals surface area (Å²) in [5.74, 6) is 0. The van der Waals surface area contributed by atoms with Gasteiger partial charge in [-0.2, -0.15) is 0 Å². The average molecular weight is 248 g/mol. The molecule has 1 aromatic carbocycles. The first kappa shape index (κ1) is 13.1. The molecule has 0 aliphatic heterocycles. The van der Waals surface area contributed by atoms with Crippen LogP contribution in [0, 0.1) is 0 Å². The van der Waals surface area contributed by atoms with Crippen LogP contribution in [0.2, 0.25) is 0 Å². The highest BCUT2D eigenvalue weighted by Gasteiger charge is 1.87. The number of hydrogen-bond donors (Lipinski definition) is 0. The molecule has 0 N–H and O–H groups in total. The van der Waals surface area contributed by atoms with E-state index in [4.69, 9.17) is 0 Å². The third-order valence-corrected chi connectivity index (χ3v) is 2.62. The van der Waals surface area contributed by atoms with E-state index in [1.165, 1.54) is 11.3 Å². The molecule has 1 heterocycles. The first-order chi connectivity index (χ1) is 8.36. The van der Waals surface area contributed by atoms with Crippen molar-refractivity contribution >= 4 is 24.1 Å². The van der Waals surface area contributed by atoms with Gasteiger partial charge < -0.3 is 4.74 Å². The predicted molar refractivity (Wildman–Crippen MR) is 67.0 cm³/mol. The molecule has 0 amide bonds. The lowest BCUT2D eigenvalue weighted by atomic mass is 10.2. The molecule has 2 rings (SSSR count). The van der Waals surface area contributed by atoms with Crippen LogP contribution in [0.25, 0.3) is 0 Å². The molecule has 4 heteroatoms. The van der Waals surface area contributed by atoms with Gasteiger partial charge in [0, 0.05) is 0 Å². The van der Waals surface area contributed by atoms with Crippen LogP contribution in [0.1, 0.15) is 15.2 Å². The van der Waals surface area contributed by atoms with E-state index in [0.717, 1.165) is 16.7 Å². The first-order valence-electron chi connectivity index (χ1n) is 4.94. The fourth-order valence-corrected chi connectivity index (χ4v) is 1.59. The summed E-state index contributed by atoms with van der Waals surface area (Å²) in [7, 11) is 0. The van der Waals surface area contributed by atoms with Crippen molar-refractivity contribution in [3.63, 3.8) is 0 Å². The zero-order valence-corrected chi connectivity index (χ0v) is 9.93. The molecule has 0 radical (unpaired) electrons. The van der Waals surface area contributed by atoms with Crippen molar-refractivity contribution in [3.05, 3.63) is 58.3 Å². The Balaban J connectivity index is 0.000000181. The lowest BCUT2D eigenvalue weighted by molar-refractivity contribution is -0.129. The Kier molecular flexibility index (Phi) is 6.36. The molecule has 0 saturated carbocycles. The van der Waals surface area contributed by atoms with Crippen molar-refractivity contribution in [3.8, 4) is 0 Å². The number of benzene rings is 1. The maximum atomic E-state index is 9.88. The Morgan fingerprint density at radius 1 is 1.06 bits per heavy atom. The second-order valence-electron chi connectivity index (χ2n) is 3.03. The van der Waals surface area contributed by atoms with Gasteiger partial charge >= 0.3 is 0 Å². The van der Waals surface area contributed by atoms with Gasteiger partial charge in [0.1, 0.15) is 6.61 Å². The van der Waals surface area contributed by atoms with Crippen molar-refractivity contribution in [2.45, 2.75) is 6.61 Å². The van der Waals surface area contributed by atoms with E-state index in [-0.39, 0.29) is 0 Å². The van der Waals surface area contributed by atoms with Crippen LogP contribution in [-0.2, 0) is 16.1 Å². The molecule has 88 valence electrons. The topological polar surface area (TPSA) is 43.4 Å². The van der Waals surface area contributed by atoms with Crippen molar-refractivity contribution in [1.29, 1.82) is 0 Å². The number of hydrogen-bond acceptors (Lipinski definition) is 4. The summed E-state index contributed by atoms with van der Waals surface area (Å²) in [4.78, 5) is 20.4. The number of rotatable bonds is 4. The summed E-state index contributed by atoms with van der Waals surface area (Å²) in [6, 6.07) is 13.2. The van der Waals surface area contributed by atoms with Gasteiger partial charge in [-0.1, -0.05) is 36.4 Å². The molecule has 0 saturated heterocycles. The summed E-state index contributed by atoms with van der Waals surface area (Å²) in [5.41, 5.74) is 1.01. The van der Waals surface area contributed by atoms with E-state index in [2.05, 4.69) is 4.74 Å². The zero-order chi connectivity index (χ0) is 12.3. The van der Waals surface area contributed by atoms with Gasteiger partial charge in [-0.05, 0) is 17.0 Å². The summed E-state index contributed by atoms with van der Waals surface area (Å²) in [5, 5.41) is 1.88. The molecule has 1 aromatic heterocycles. The molecule has 0 spiro atoms. The number of carbonyl (C=O) groups excluding carboxylic acids is 2. The van der Waals surface area contributed by atoms with E-state index < -0.39 is 0 Å². The highest BCUT2D eigenvalue weighted by molar-refractivity contribution is 7.11. The number of ether oxygens (including phenoxy) is 1. The normalized spacial score (nSPS) is 8.71. The minimum absolute atomic E-state index is 0.365. The van der Waals surface area contributed by atoms with Gasteiger partial charge in [-0.3, -0.25) is 9.59 Å². The summed E-state index contributed by atoms with van der Waals surface area (Å²) in [6.07, 6.45) is 0.852. The highest BCUT2D eigenvalue weighted by atomic mass is 32.1. The van der Waals surface area contributed by atoms with E-state index in [1.807, 2.05) is 41.8 Å². The summed E-state index contributed by atoms with van der Waals surface area (Å²) >= 11 is 1.45. The molecule has 0 atom stereocenters. The molecule has 0 aliphatic carbocycles. The molecule has 3 nitrogen and oxygen atoms in total. The van der Waals surface area contributed by atoms with Crippen molar-refractivity contribution in [1.82, 2.24) is 0 Å². The Bertz CT molecular complexity index is 423. The minimum Gasteiger partial charge on any atom is -0.463 e. The maximum absolute atomic E-state index is 9.88. The van der Waals surface area contributed by atoms with Gasteiger partial charge in [0.25, 0.3) is 6.47 Å². The lowest BCUT2D eigenvalue weighted by Crippen LogP contribution is -1.88. The van der Waals surface area contributed by atoms with Gasteiger partial charge in [-0.15, -0.1) is 11.3 Å². The van der Waals surface area contributed by atoms with Crippen molar-refractivity contribution < 1.29 is 14.3 Å². The summed E-state index contributed by atoms with van der Waals surface area (Å²) < 4.78 is 4.54. The van der Waals surface area contributed by atoms with Crippen molar-refractivity contribution in [2.75, 3.05) is 0 Å². The third kappa shape index (κ3) is 5.63. The molecule has 2 aromatic rings. The maximum Gasteiger partial charge on any atom is 0.293 e. The monoisotopic (exact) mass is 248 g/mol. The highest BCUT2D eigenvalue weighted by Crippen LogP contribution is 2.03. The number of aldehydes is 1. The molecule has 0 bridgehead atoms. The lowest BCUT2D eigenvalue weighted by Gasteiger charge is -1.95. The average Bonchev–Trinajstić information content (AvgIpc) is 2.91. The number of carbonyl (C=O) groups is 2. The first-order valence-corrected chi connectivity index (χ1v) is 5.82. The molecule has 17 heavy (non-hydrogen) atoms. The van der Waals surface area contributed by atoms with Crippen molar-refractivity contribution in [2.24, 2.45) is 0 Å². The van der Waals surface area contributed by atoms with Crippen LogP contribution < -0.4 is 0 Å². The molecular formula is C13H12O3S. The van der Waals surface area contributed by atoms with E-state index >= 15 is 0 Å². The second kappa shape index (κ2) is 8.24. The Hall–Kier alpha value is -1.94. The van der Waals surface area contributed by atoms with Gasteiger partial charge in [0.2, 0.25) is 0 Å². The predicted octanol–water partition coefficient (Wildman–Crippen LogP) is 2.92. The van der Waals surface area contributed by atoms with Crippen LogP contribution in [0.15, 0.2) is 47.8 Å². The standard InChI is InChI=1S/C8H8O2.C5H4OS/c9-7-10-6-8-4-2-1-3-5-8;6-4-5-2-1-3-7-5/h1-5,7H,6H2;1-4H. The Morgan fingerprint density at radius 2 is 1.82 bits per heavy atom. The fourth-order valence-electron chi connectivity index (χ4n) is 1.06. The Morgan fingerprint density at radius 3 is 2.29 bits per heavy atom. The smallest absolute Gasteiger partial charge is 0.293 e. The van der Waals surface area contributed by atoms with E-state index in [9.17, 15) is 9.59 Å². The van der Waals surface area contributed by atoms with E-state index in [0.29, 0.717) is 13.1 Å². The summed E-state index contributed by atoms with van der Waals surface area (Å²) in [6.45, 7) is 0.817. The quantitative estimate of drug-likeness (QED) is 0.781. The van der Waals surface area contributed by atoms with Crippen LogP contribution >= 0.6 is 11.3 Å². The fraction of sp³-hybridized carbons (Fsp3) is 0.0769. The van der Waals surface area contributed by atoms with Crippen LogP contribution in [-0.4, -0.2) is 12.8 Å². The van der Waals surface area contributed by atoms with Crippen LogP contribution in [0.4, 0.5) is 0 Å². The number of thiophene rings is 1. The third-order valence-electron chi connectivity index (χ3n) is 1.82. The SMILES string of the molecule is O=COCc1ccccc1.O=Cc1cccs1. The van der Waals surface area contributed by atoms with Gasteiger partial charge in [-0.25, -0.2) is 0 Å². The second-order valence-corrected chi connectivity index (χ2v) is 4.01. The zero-order valence-electron chi connectivity index (χ0n) is 9.11.